The van der Waals surface area contributed by atoms with Gasteiger partial charge in [-0.2, -0.15) is 0 Å². The van der Waals surface area contributed by atoms with Crippen molar-refractivity contribution < 1.29 is 4.79 Å². The van der Waals surface area contributed by atoms with Crippen molar-refractivity contribution in [3.8, 4) is 0 Å². The van der Waals surface area contributed by atoms with Crippen molar-refractivity contribution in [1.29, 1.82) is 0 Å². The number of carbonyl (C=O) groups is 1. The zero-order valence-corrected chi connectivity index (χ0v) is 14.9. The molecule has 0 bridgehead atoms. The molecular weight excluding hydrogens is 267 g/mol. The normalized spacial score (nSPS) is 54.3. The first kappa shape index (κ1) is 15.0. The molecule has 0 aliphatic heterocycles. The number of carbonyl (C=O) groups excluding carboxylic acids is 1. The average molecular weight is 299 g/mol. The lowest BCUT2D eigenvalue weighted by molar-refractivity contribution is -0.118. The summed E-state index contributed by atoms with van der Waals surface area (Å²) in [5.41, 5.74) is 2.91. The first-order valence-electron chi connectivity index (χ1n) is 9.52. The fraction of sp³-hybridized carbons (Fsp3) is 0.857. The van der Waals surface area contributed by atoms with E-state index in [1.807, 2.05) is 6.08 Å². The van der Waals surface area contributed by atoms with E-state index < -0.39 is 0 Å². The number of allylic oxidation sites excluding steroid dienone is 1. The summed E-state index contributed by atoms with van der Waals surface area (Å²) < 4.78 is 0. The largest absolute Gasteiger partial charge is 0.295 e. The quantitative estimate of drug-likeness (QED) is 0.573. The minimum atomic E-state index is 0.338. The molecule has 6 atom stereocenters. The summed E-state index contributed by atoms with van der Waals surface area (Å²) >= 11 is 0. The highest BCUT2D eigenvalue weighted by atomic mass is 16.1. The maximum absolute atomic E-state index is 11.9. The second-order valence-corrected chi connectivity index (χ2v) is 9.85. The molecule has 0 aromatic rings. The Labute approximate surface area is 135 Å². The van der Waals surface area contributed by atoms with E-state index in [-0.39, 0.29) is 0 Å². The molecule has 0 aromatic carbocycles. The molecule has 122 valence electrons. The fourth-order valence-corrected chi connectivity index (χ4v) is 7.05. The Bertz CT molecular complexity index is 542. The monoisotopic (exact) mass is 299 g/mol. The summed E-state index contributed by atoms with van der Waals surface area (Å²) in [7, 11) is 0. The molecule has 0 saturated heterocycles. The second kappa shape index (κ2) is 4.48. The molecule has 0 N–H and O–H groups in total. The SMILES string of the molecule is C[C@]12CCC(=O)C=C1CCC1C2CC[C@@]2(C)C1CC[C@@]2(C)[11CH3]. The van der Waals surface area contributed by atoms with Crippen LogP contribution in [0.5, 0.6) is 0 Å². The molecule has 3 fully saturated rings. The topological polar surface area (TPSA) is 17.1 Å². The summed E-state index contributed by atoms with van der Waals surface area (Å²) in [4.78, 5) is 11.9. The minimum Gasteiger partial charge on any atom is -0.295 e. The maximum Gasteiger partial charge on any atom is 0.155 e. The highest BCUT2D eigenvalue weighted by Gasteiger charge is 2.61. The molecule has 1 nitrogen and oxygen atoms in total. The third-order valence-electron chi connectivity index (χ3n) is 8.98. The van der Waals surface area contributed by atoms with Crippen LogP contribution in [0.1, 0.15) is 79.1 Å². The van der Waals surface area contributed by atoms with Crippen molar-refractivity contribution in [2.45, 2.75) is 79.1 Å². The highest BCUT2D eigenvalue weighted by molar-refractivity contribution is 5.91. The van der Waals surface area contributed by atoms with Gasteiger partial charge in [0.15, 0.2) is 5.78 Å². The minimum absolute atomic E-state index is 0.338. The van der Waals surface area contributed by atoms with Gasteiger partial charge in [0.25, 0.3) is 0 Å². The molecule has 0 radical (unpaired) electrons. The summed E-state index contributed by atoms with van der Waals surface area (Å²) in [6, 6.07) is 0. The maximum atomic E-state index is 11.9. The van der Waals surface area contributed by atoms with E-state index in [4.69, 9.17) is 0 Å². The van der Waals surface area contributed by atoms with Gasteiger partial charge in [-0.25, -0.2) is 0 Å². The predicted octanol–water partition coefficient (Wildman–Crippen LogP) is 5.54. The number of rotatable bonds is 0. The first-order valence-corrected chi connectivity index (χ1v) is 9.52. The lowest BCUT2D eigenvalue weighted by Crippen LogP contribution is -2.51. The Morgan fingerprint density at radius 1 is 0.909 bits per heavy atom. The van der Waals surface area contributed by atoms with Crippen LogP contribution in [-0.2, 0) is 4.79 Å². The number of hydrogen-bond acceptors (Lipinski definition) is 1. The molecule has 3 unspecified atom stereocenters. The van der Waals surface area contributed by atoms with Gasteiger partial charge in [0.05, 0.1) is 0 Å². The van der Waals surface area contributed by atoms with Crippen LogP contribution in [0.15, 0.2) is 11.6 Å². The van der Waals surface area contributed by atoms with Crippen LogP contribution in [0, 0.1) is 34.0 Å². The Morgan fingerprint density at radius 3 is 2.41 bits per heavy atom. The van der Waals surface area contributed by atoms with Crippen LogP contribution in [0.25, 0.3) is 0 Å². The van der Waals surface area contributed by atoms with E-state index >= 15 is 0 Å². The van der Waals surface area contributed by atoms with E-state index in [9.17, 15) is 4.79 Å². The summed E-state index contributed by atoms with van der Waals surface area (Å²) in [6.45, 7) is 10.1. The van der Waals surface area contributed by atoms with Crippen LogP contribution in [0.2, 0.25) is 0 Å². The third kappa shape index (κ3) is 1.74. The van der Waals surface area contributed by atoms with Crippen molar-refractivity contribution >= 4 is 5.78 Å². The average Bonchev–Trinajstić information content (AvgIpc) is 2.70. The molecule has 22 heavy (non-hydrogen) atoms. The fourth-order valence-electron chi connectivity index (χ4n) is 7.05. The van der Waals surface area contributed by atoms with Crippen LogP contribution >= 0.6 is 0 Å². The first-order chi connectivity index (χ1) is 10.3. The van der Waals surface area contributed by atoms with Gasteiger partial charge < -0.3 is 0 Å². The van der Waals surface area contributed by atoms with E-state index in [0.717, 1.165) is 30.6 Å². The Balaban J connectivity index is 1.70. The number of fused-ring (bicyclic) bond motifs is 5. The van der Waals surface area contributed by atoms with Crippen LogP contribution in [0.3, 0.4) is 0 Å². The van der Waals surface area contributed by atoms with E-state index in [2.05, 4.69) is 27.7 Å². The van der Waals surface area contributed by atoms with Gasteiger partial charge in [-0.05, 0) is 85.0 Å². The van der Waals surface area contributed by atoms with Crippen molar-refractivity contribution in [2.24, 2.45) is 34.0 Å². The van der Waals surface area contributed by atoms with Gasteiger partial charge in [-0.3, -0.25) is 4.79 Å². The van der Waals surface area contributed by atoms with Crippen molar-refractivity contribution in [1.82, 2.24) is 0 Å². The van der Waals surface area contributed by atoms with Gasteiger partial charge in [0, 0.05) is 6.42 Å². The molecule has 0 spiro atoms. The van der Waals surface area contributed by atoms with Crippen LogP contribution < -0.4 is 0 Å². The van der Waals surface area contributed by atoms with Gasteiger partial charge in [-0.1, -0.05) is 33.3 Å². The van der Waals surface area contributed by atoms with E-state index in [0.29, 0.717) is 22.0 Å². The van der Waals surface area contributed by atoms with Crippen molar-refractivity contribution in [3.63, 3.8) is 0 Å². The van der Waals surface area contributed by atoms with Crippen LogP contribution in [0.4, 0.5) is 0 Å². The molecule has 4 rings (SSSR count). The molecule has 3 saturated carbocycles. The predicted molar refractivity (Wildman–Crippen MR) is 90.5 cm³/mol. The standard InChI is InChI=1S/C21H32O/c1-19(2)10-8-18-16-6-5-14-13-15(22)7-11-20(14,3)17(16)9-12-21(18,19)4/h13,16-18H,5-12H2,1-4H3/t16?,17?,18?,20-,21-/m0/s1/i1-1/t16?,17?,18?,19-,20-,21-. The summed E-state index contributed by atoms with van der Waals surface area (Å²) in [5.74, 6) is 3.06. The molecule has 4 aliphatic carbocycles. The Hall–Kier alpha value is -0.590. The number of ketones is 1. The van der Waals surface area contributed by atoms with Crippen LogP contribution in [-0.4, -0.2) is 5.78 Å². The second-order valence-electron chi connectivity index (χ2n) is 9.85. The van der Waals surface area contributed by atoms with E-state index in [1.54, 1.807) is 0 Å². The molecule has 0 aromatic heterocycles. The number of hydrogen-bond donors (Lipinski definition) is 0. The third-order valence-corrected chi connectivity index (χ3v) is 8.98. The molecule has 1 heteroatoms. The summed E-state index contributed by atoms with van der Waals surface area (Å²) in [6.07, 6.45) is 12.1. The van der Waals surface area contributed by atoms with E-state index in [1.165, 1.54) is 44.1 Å². The van der Waals surface area contributed by atoms with Gasteiger partial charge in [-0.15, -0.1) is 0 Å². The van der Waals surface area contributed by atoms with Crippen molar-refractivity contribution in [2.75, 3.05) is 0 Å². The van der Waals surface area contributed by atoms with Gasteiger partial charge in [0.1, 0.15) is 0 Å². The highest BCUT2D eigenvalue weighted by Crippen LogP contribution is 2.69. The zero-order chi connectivity index (χ0) is 15.8. The summed E-state index contributed by atoms with van der Waals surface area (Å²) in [5, 5.41) is 0. The molecule has 0 amide bonds. The Kier molecular flexibility index (Phi) is 3.05. The van der Waals surface area contributed by atoms with Gasteiger partial charge in [0.2, 0.25) is 0 Å². The lowest BCUT2D eigenvalue weighted by Gasteiger charge is -2.59. The molecule has 4 aliphatic rings. The zero-order valence-electron chi connectivity index (χ0n) is 14.9. The lowest BCUT2D eigenvalue weighted by atomic mass is 9.44. The molecule has 0 heterocycles. The molecular formula is C21H32O. The Morgan fingerprint density at radius 2 is 1.64 bits per heavy atom. The van der Waals surface area contributed by atoms with Crippen molar-refractivity contribution in [3.05, 3.63) is 11.6 Å². The smallest absolute Gasteiger partial charge is 0.155 e. The van der Waals surface area contributed by atoms with Gasteiger partial charge >= 0.3 is 0 Å².